The zero-order chi connectivity index (χ0) is 18.1. The molecule has 1 aromatic carbocycles. The molecule has 1 atom stereocenters. The second kappa shape index (κ2) is 11.7. The van der Waals surface area contributed by atoms with Gasteiger partial charge in [0.1, 0.15) is 24.4 Å². The van der Waals surface area contributed by atoms with Crippen LogP contribution in [0.15, 0.2) is 35.6 Å². The molecule has 2 rings (SSSR count). The van der Waals surface area contributed by atoms with E-state index in [1.165, 1.54) is 5.56 Å². The normalized spacial score (nSPS) is 12.2. The monoisotopic (exact) mass is 472 g/mol. The summed E-state index contributed by atoms with van der Waals surface area (Å²) < 4.78 is 6.94. The Morgan fingerprint density at radius 3 is 2.58 bits per heavy atom. The number of aromatic nitrogens is 3. The number of guanidine groups is 1. The Morgan fingerprint density at radius 2 is 2.00 bits per heavy atom. The molecule has 0 saturated heterocycles. The van der Waals surface area contributed by atoms with Crippen molar-refractivity contribution in [3.05, 3.63) is 42.0 Å². The molecular formula is C18H29IN6O. The molecule has 0 fully saturated rings. The molecule has 0 aliphatic rings. The SMILES string of the molecule is CCNC(=NCc1ncnn1C)NCCC(C)c1ccc(OC)cc1.I. The van der Waals surface area contributed by atoms with Crippen molar-refractivity contribution in [2.24, 2.45) is 12.0 Å². The van der Waals surface area contributed by atoms with Crippen LogP contribution in [0.5, 0.6) is 5.75 Å². The smallest absolute Gasteiger partial charge is 0.191 e. The molecule has 2 N–H and O–H groups in total. The second-order valence-corrected chi connectivity index (χ2v) is 5.88. The van der Waals surface area contributed by atoms with Gasteiger partial charge in [-0.2, -0.15) is 5.10 Å². The highest BCUT2D eigenvalue weighted by Gasteiger charge is 2.07. The molecule has 0 saturated carbocycles. The minimum absolute atomic E-state index is 0. The molecule has 0 spiro atoms. The van der Waals surface area contributed by atoms with Crippen LogP contribution in [0.4, 0.5) is 0 Å². The Bertz CT molecular complexity index is 671. The summed E-state index contributed by atoms with van der Waals surface area (Å²) in [6.45, 7) is 6.45. The van der Waals surface area contributed by atoms with Gasteiger partial charge in [-0.1, -0.05) is 19.1 Å². The van der Waals surface area contributed by atoms with Crippen LogP contribution < -0.4 is 15.4 Å². The Kier molecular flexibility index (Phi) is 10.0. The topological polar surface area (TPSA) is 76.4 Å². The Hall–Kier alpha value is -1.84. The number of halogens is 1. The molecule has 1 heterocycles. The highest BCUT2D eigenvalue weighted by atomic mass is 127. The van der Waals surface area contributed by atoms with Crippen LogP contribution in [0.3, 0.4) is 0 Å². The van der Waals surface area contributed by atoms with E-state index >= 15 is 0 Å². The van der Waals surface area contributed by atoms with Crippen molar-refractivity contribution >= 4 is 29.9 Å². The van der Waals surface area contributed by atoms with Gasteiger partial charge in [-0.25, -0.2) is 9.98 Å². The molecule has 0 radical (unpaired) electrons. The minimum Gasteiger partial charge on any atom is -0.497 e. The van der Waals surface area contributed by atoms with Crippen molar-refractivity contribution in [3.63, 3.8) is 0 Å². The number of hydrogen-bond donors (Lipinski definition) is 2. The van der Waals surface area contributed by atoms with Crippen molar-refractivity contribution in [2.75, 3.05) is 20.2 Å². The number of benzene rings is 1. The van der Waals surface area contributed by atoms with Gasteiger partial charge in [0.15, 0.2) is 5.96 Å². The van der Waals surface area contributed by atoms with Gasteiger partial charge in [0.05, 0.1) is 7.11 Å². The number of ether oxygens (including phenoxy) is 1. The zero-order valence-corrected chi connectivity index (χ0v) is 18.2. The minimum atomic E-state index is 0. The largest absolute Gasteiger partial charge is 0.497 e. The predicted octanol–water partition coefficient (Wildman–Crippen LogP) is 2.69. The molecule has 0 aliphatic heterocycles. The third-order valence-corrected chi connectivity index (χ3v) is 4.08. The van der Waals surface area contributed by atoms with Crippen LogP contribution >= 0.6 is 24.0 Å². The zero-order valence-electron chi connectivity index (χ0n) is 15.9. The van der Waals surface area contributed by atoms with Crippen LogP contribution in [0.25, 0.3) is 0 Å². The summed E-state index contributed by atoms with van der Waals surface area (Å²) in [5.41, 5.74) is 1.31. The molecule has 7 nitrogen and oxygen atoms in total. The number of hydrogen-bond acceptors (Lipinski definition) is 4. The molecule has 0 amide bonds. The fourth-order valence-corrected chi connectivity index (χ4v) is 2.46. The highest BCUT2D eigenvalue weighted by Crippen LogP contribution is 2.21. The van der Waals surface area contributed by atoms with Crippen molar-refractivity contribution in [3.8, 4) is 5.75 Å². The quantitative estimate of drug-likeness (QED) is 0.351. The fraction of sp³-hybridized carbons (Fsp3) is 0.500. The summed E-state index contributed by atoms with van der Waals surface area (Å²) in [6, 6.07) is 8.26. The standard InChI is InChI=1S/C18H28N6O.HI/c1-5-19-18(21-12-17-22-13-23-24(17)3)20-11-10-14(2)15-6-8-16(25-4)9-7-15;/h6-9,13-14H,5,10-12H2,1-4H3,(H2,19,20,21);1H. The molecule has 0 aliphatic carbocycles. The van der Waals surface area contributed by atoms with Gasteiger partial charge in [-0.05, 0) is 37.0 Å². The first kappa shape index (κ1) is 22.2. The lowest BCUT2D eigenvalue weighted by Gasteiger charge is -2.15. The summed E-state index contributed by atoms with van der Waals surface area (Å²) >= 11 is 0. The van der Waals surface area contributed by atoms with Gasteiger partial charge < -0.3 is 15.4 Å². The van der Waals surface area contributed by atoms with Crippen LogP contribution in [0.2, 0.25) is 0 Å². The second-order valence-electron chi connectivity index (χ2n) is 5.88. The van der Waals surface area contributed by atoms with E-state index in [1.807, 2.05) is 19.2 Å². The maximum absolute atomic E-state index is 5.21. The summed E-state index contributed by atoms with van der Waals surface area (Å²) in [5.74, 6) is 2.98. The van der Waals surface area contributed by atoms with E-state index in [0.29, 0.717) is 12.5 Å². The average molecular weight is 472 g/mol. The van der Waals surface area contributed by atoms with Crippen LogP contribution in [-0.4, -0.2) is 40.9 Å². The molecule has 144 valence electrons. The van der Waals surface area contributed by atoms with Crippen molar-refractivity contribution in [1.29, 1.82) is 0 Å². The first-order valence-electron chi connectivity index (χ1n) is 8.63. The van der Waals surface area contributed by atoms with Crippen LogP contribution in [0, 0.1) is 0 Å². The highest BCUT2D eigenvalue weighted by molar-refractivity contribution is 14.0. The van der Waals surface area contributed by atoms with Crippen molar-refractivity contribution in [2.45, 2.75) is 32.7 Å². The van der Waals surface area contributed by atoms with E-state index in [4.69, 9.17) is 4.74 Å². The lowest BCUT2D eigenvalue weighted by atomic mass is 9.98. The molecule has 8 heteroatoms. The number of nitrogens with one attached hydrogen (secondary N) is 2. The summed E-state index contributed by atoms with van der Waals surface area (Å²) in [5, 5.41) is 10.7. The van der Waals surface area contributed by atoms with E-state index in [0.717, 1.165) is 37.0 Å². The predicted molar refractivity (Wildman–Crippen MR) is 115 cm³/mol. The summed E-state index contributed by atoms with van der Waals surface area (Å²) in [4.78, 5) is 8.75. The maximum Gasteiger partial charge on any atom is 0.191 e. The molecule has 2 aromatic rings. The van der Waals surface area contributed by atoms with E-state index in [9.17, 15) is 0 Å². The lowest BCUT2D eigenvalue weighted by Crippen LogP contribution is -2.38. The number of methoxy groups -OCH3 is 1. The van der Waals surface area contributed by atoms with Crippen LogP contribution in [-0.2, 0) is 13.6 Å². The van der Waals surface area contributed by atoms with Crippen molar-refractivity contribution in [1.82, 2.24) is 25.4 Å². The Balaban J connectivity index is 0.00000338. The van der Waals surface area contributed by atoms with Gasteiger partial charge in [-0.15, -0.1) is 24.0 Å². The van der Waals surface area contributed by atoms with Gasteiger partial charge in [-0.3, -0.25) is 4.68 Å². The number of rotatable bonds is 8. The lowest BCUT2D eigenvalue weighted by molar-refractivity contribution is 0.414. The summed E-state index contributed by atoms with van der Waals surface area (Å²) in [7, 11) is 3.56. The molecule has 0 bridgehead atoms. The number of aryl methyl sites for hydroxylation is 1. The van der Waals surface area contributed by atoms with Crippen molar-refractivity contribution < 1.29 is 4.74 Å². The van der Waals surface area contributed by atoms with Gasteiger partial charge >= 0.3 is 0 Å². The average Bonchev–Trinajstić information content (AvgIpc) is 3.04. The third kappa shape index (κ3) is 6.81. The van der Waals surface area contributed by atoms with Gasteiger partial charge in [0.25, 0.3) is 0 Å². The summed E-state index contributed by atoms with van der Waals surface area (Å²) in [6.07, 6.45) is 2.56. The number of nitrogens with zero attached hydrogens (tertiary/aromatic N) is 4. The van der Waals surface area contributed by atoms with Crippen LogP contribution in [0.1, 0.15) is 37.6 Å². The molecule has 1 aromatic heterocycles. The molecular weight excluding hydrogens is 443 g/mol. The maximum atomic E-state index is 5.21. The molecule has 1 unspecified atom stereocenters. The van der Waals surface area contributed by atoms with Gasteiger partial charge in [0, 0.05) is 20.1 Å². The Morgan fingerprint density at radius 1 is 1.27 bits per heavy atom. The first-order chi connectivity index (χ1) is 12.1. The Labute approximate surface area is 172 Å². The fourth-order valence-electron chi connectivity index (χ4n) is 2.46. The third-order valence-electron chi connectivity index (χ3n) is 4.08. The van der Waals surface area contributed by atoms with E-state index in [-0.39, 0.29) is 24.0 Å². The first-order valence-corrected chi connectivity index (χ1v) is 8.63. The molecule has 26 heavy (non-hydrogen) atoms. The number of aliphatic imine (C=N–C) groups is 1. The van der Waals surface area contributed by atoms with E-state index < -0.39 is 0 Å². The van der Waals surface area contributed by atoms with Gasteiger partial charge in [0.2, 0.25) is 0 Å². The van der Waals surface area contributed by atoms with E-state index in [2.05, 4.69) is 51.7 Å². The van der Waals surface area contributed by atoms with E-state index in [1.54, 1.807) is 18.1 Å².